The first kappa shape index (κ1) is 11.6. The molecule has 1 N–H and O–H groups in total. The summed E-state index contributed by atoms with van der Waals surface area (Å²) in [5.41, 5.74) is 0. The van der Waals surface area contributed by atoms with E-state index < -0.39 is 0 Å². The summed E-state index contributed by atoms with van der Waals surface area (Å²) in [6.07, 6.45) is 3.17. The van der Waals surface area contributed by atoms with E-state index in [1.807, 2.05) is 0 Å². The van der Waals surface area contributed by atoms with Crippen LogP contribution in [0.1, 0.15) is 0 Å². The van der Waals surface area contributed by atoms with Crippen LogP contribution in [0.4, 0.5) is 0 Å². The molecule has 5 heteroatoms. The van der Waals surface area contributed by atoms with Crippen molar-refractivity contribution in [2.24, 2.45) is 0 Å². The Morgan fingerprint density at radius 3 is 1.71 bits per heavy atom. The predicted octanol–water partition coefficient (Wildman–Crippen LogP) is -0.957. The van der Waals surface area contributed by atoms with Crippen LogP contribution in [0.15, 0.2) is 12.4 Å². The second-order valence-electron chi connectivity index (χ2n) is 0.656. The summed E-state index contributed by atoms with van der Waals surface area (Å²) < 4.78 is 0. The number of rotatable bonds is 0. The van der Waals surface area contributed by atoms with E-state index in [2.05, 4.69) is 15.4 Å². The molecule has 0 saturated heterocycles. The quantitative estimate of drug-likeness (QED) is 0.461. The number of aromatic amines is 1. The van der Waals surface area contributed by atoms with Gasteiger partial charge in [-0.2, -0.15) is 15.4 Å². The van der Waals surface area contributed by atoms with E-state index in [0.29, 0.717) is 0 Å². The van der Waals surface area contributed by atoms with Gasteiger partial charge in [0.1, 0.15) is 0 Å². The number of hydrogen-bond acceptors (Lipinski definition) is 2. The molecule has 2 radical (unpaired) electrons. The van der Waals surface area contributed by atoms with Crippen LogP contribution < -0.4 is 0 Å². The Bertz CT molecular complexity index is 69.4. The van der Waals surface area contributed by atoms with E-state index in [1.165, 1.54) is 0 Å². The van der Waals surface area contributed by atoms with E-state index in [1.54, 1.807) is 12.4 Å². The monoisotopic (exact) mass is 131 g/mol. The van der Waals surface area contributed by atoms with Crippen molar-refractivity contribution in [2.45, 2.75) is 0 Å². The number of aromatic nitrogens is 3. The third kappa shape index (κ3) is 5.65. The molecule has 0 spiro atoms. The minimum absolute atomic E-state index is 0. The van der Waals surface area contributed by atoms with Crippen molar-refractivity contribution in [3.63, 3.8) is 0 Å². The first-order valence-corrected chi connectivity index (χ1v) is 1.30. The first-order valence-electron chi connectivity index (χ1n) is 1.30. The summed E-state index contributed by atoms with van der Waals surface area (Å²) in [5, 5.41) is 9.33. The maximum Gasteiger partial charge on any atom is 0.0690 e. The van der Waals surface area contributed by atoms with E-state index >= 15 is 0 Å². The normalized spacial score (nSPS) is 5.71. The van der Waals surface area contributed by atoms with Gasteiger partial charge in [0.2, 0.25) is 0 Å². The molecule has 1 aromatic heterocycles. The van der Waals surface area contributed by atoms with Crippen LogP contribution in [0.3, 0.4) is 0 Å². The fourth-order valence-corrected chi connectivity index (χ4v) is 0.167. The maximum absolute atomic E-state index is 3.49. The van der Waals surface area contributed by atoms with Crippen LogP contribution in [0, 0.1) is 0 Å². The van der Waals surface area contributed by atoms with Crippen molar-refractivity contribution in [3.8, 4) is 0 Å². The van der Waals surface area contributed by atoms with Gasteiger partial charge >= 0.3 is 0 Å². The molecule has 0 aliphatic heterocycles. The molecule has 0 atom stereocenters. The third-order valence-corrected chi connectivity index (χ3v) is 0.331. The van der Waals surface area contributed by atoms with Gasteiger partial charge in [0.25, 0.3) is 0 Å². The number of nitrogens with zero attached hydrogens (tertiary/aromatic N) is 2. The third-order valence-electron chi connectivity index (χ3n) is 0.331. The topological polar surface area (TPSA) is 41.6 Å². The molecule has 0 bridgehead atoms. The minimum atomic E-state index is 0. The smallest absolute Gasteiger partial charge is 0.0690 e. The number of nitrogens with one attached hydrogen (secondary N) is 1. The van der Waals surface area contributed by atoms with Gasteiger partial charge in [-0.05, 0) is 0 Å². The molecule has 0 amide bonds. The van der Waals surface area contributed by atoms with Crippen molar-refractivity contribution in [1.82, 2.24) is 15.4 Å². The maximum atomic E-state index is 3.49. The second kappa shape index (κ2) is 7.78. The summed E-state index contributed by atoms with van der Waals surface area (Å²) in [5.74, 6) is 0. The molecule has 0 saturated carbocycles. The summed E-state index contributed by atoms with van der Waals surface area (Å²) in [4.78, 5) is 0. The Hall–Kier alpha value is 1.78. The SMILES string of the molecule is [K].[Na].c1cn[nH]n1. The van der Waals surface area contributed by atoms with Crippen molar-refractivity contribution in [3.05, 3.63) is 12.4 Å². The fourth-order valence-electron chi connectivity index (χ4n) is 0.167. The van der Waals surface area contributed by atoms with Crippen molar-refractivity contribution < 1.29 is 0 Å². The zero-order valence-corrected chi connectivity index (χ0v) is 9.67. The van der Waals surface area contributed by atoms with Crippen LogP contribution in [0.2, 0.25) is 0 Å². The molecule has 0 aliphatic rings. The molecule has 1 heterocycles. The summed E-state index contributed by atoms with van der Waals surface area (Å²) in [6, 6.07) is 0. The Kier molecular flexibility index (Phi) is 12.8. The molecule has 1 aromatic rings. The van der Waals surface area contributed by atoms with Crippen molar-refractivity contribution >= 4 is 80.9 Å². The molecule has 0 fully saturated rings. The molecule has 28 valence electrons. The summed E-state index contributed by atoms with van der Waals surface area (Å²) >= 11 is 0. The van der Waals surface area contributed by atoms with Crippen LogP contribution >= 0.6 is 0 Å². The van der Waals surface area contributed by atoms with Crippen molar-refractivity contribution in [1.29, 1.82) is 0 Å². The van der Waals surface area contributed by atoms with Gasteiger partial charge in [-0.25, -0.2) is 0 Å². The van der Waals surface area contributed by atoms with E-state index in [-0.39, 0.29) is 80.9 Å². The van der Waals surface area contributed by atoms with Crippen molar-refractivity contribution in [2.75, 3.05) is 0 Å². The van der Waals surface area contributed by atoms with Crippen LogP contribution in [-0.4, -0.2) is 96.4 Å². The van der Waals surface area contributed by atoms with Crippen LogP contribution in [0.5, 0.6) is 0 Å². The standard InChI is InChI=1S/C2H3N3.K.Na/c1-2-4-5-3-1;;/h1-2H,(H,3,4,5);;. The van der Waals surface area contributed by atoms with E-state index in [0.717, 1.165) is 0 Å². The zero-order valence-electron chi connectivity index (χ0n) is 4.55. The average Bonchev–Trinajstić information content (AvgIpc) is 1.76. The van der Waals surface area contributed by atoms with Gasteiger partial charge in [-0.3, -0.25) is 0 Å². The van der Waals surface area contributed by atoms with Gasteiger partial charge in [0.15, 0.2) is 0 Å². The van der Waals surface area contributed by atoms with Gasteiger partial charge in [0.05, 0.1) is 12.4 Å². The van der Waals surface area contributed by atoms with Crippen LogP contribution in [-0.2, 0) is 0 Å². The Labute approximate surface area is 106 Å². The molecule has 0 aromatic carbocycles. The zero-order chi connectivity index (χ0) is 3.54. The van der Waals surface area contributed by atoms with Crippen LogP contribution in [0.25, 0.3) is 0 Å². The van der Waals surface area contributed by atoms with E-state index in [9.17, 15) is 0 Å². The molecule has 7 heavy (non-hydrogen) atoms. The predicted molar refractivity (Wildman–Crippen MR) is 27.9 cm³/mol. The Morgan fingerprint density at radius 2 is 1.57 bits per heavy atom. The summed E-state index contributed by atoms with van der Waals surface area (Å²) in [7, 11) is 0. The number of H-pyrrole nitrogens is 1. The van der Waals surface area contributed by atoms with Gasteiger partial charge < -0.3 is 0 Å². The fraction of sp³-hybridized carbons (Fsp3) is 0. The average molecular weight is 131 g/mol. The Morgan fingerprint density at radius 1 is 1.14 bits per heavy atom. The molecular formula is C2H3KN3Na. The van der Waals surface area contributed by atoms with Gasteiger partial charge in [-0.15, -0.1) is 0 Å². The summed E-state index contributed by atoms with van der Waals surface area (Å²) in [6.45, 7) is 0. The Balaban J connectivity index is 0. The molecular weight excluding hydrogens is 128 g/mol. The largest absolute Gasteiger partial charge is 0.198 e. The van der Waals surface area contributed by atoms with E-state index in [4.69, 9.17) is 0 Å². The molecule has 3 nitrogen and oxygen atoms in total. The molecule has 1 rings (SSSR count). The first-order chi connectivity index (χ1) is 2.50. The molecule has 0 aliphatic carbocycles. The van der Waals surface area contributed by atoms with Gasteiger partial charge in [-0.1, -0.05) is 0 Å². The molecule has 0 unspecified atom stereocenters. The van der Waals surface area contributed by atoms with Gasteiger partial charge in [0, 0.05) is 80.9 Å². The minimum Gasteiger partial charge on any atom is -0.198 e. The second-order valence-corrected chi connectivity index (χ2v) is 0.656. The number of hydrogen-bond donors (Lipinski definition) is 1.